The summed E-state index contributed by atoms with van der Waals surface area (Å²) < 4.78 is 18.9. The number of aryl methyl sites for hydroxylation is 2. The third kappa shape index (κ3) is 4.59. The van der Waals surface area contributed by atoms with Crippen LogP contribution < -0.4 is 15.4 Å². The van der Waals surface area contributed by atoms with Gasteiger partial charge in [0.1, 0.15) is 11.6 Å². The zero-order valence-corrected chi connectivity index (χ0v) is 18.0. The number of aromatic nitrogens is 1. The van der Waals surface area contributed by atoms with Crippen LogP contribution in [0, 0.1) is 12.7 Å². The minimum atomic E-state index is -0.434. The summed E-state index contributed by atoms with van der Waals surface area (Å²) in [6.07, 6.45) is 2.32. The van der Waals surface area contributed by atoms with Gasteiger partial charge in [0.2, 0.25) is 5.91 Å². The maximum Gasteiger partial charge on any atom is 0.257 e. The second-order valence-corrected chi connectivity index (χ2v) is 8.49. The van der Waals surface area contributed by atoms with Gasteiger partial charge in [0.15, 0.2) is 5.13 Å². The van der Waals surface area contributed by atoms with Crippen molar-refractivity contribution in [2.45, 2.75) is 32.1 Å². The lowest BCUT2D eigenvalue weighted by molar-refractivity contribution is -0.117. The van der Waals surface area contributed by atoms with E-state index >= 15 is 0 Å². The highest BCUT2D eigenvalue weighted by molar-refractivity contribution is 7.16. The third-order valence-corrected chi connectivity index (χ3v) is 6.33. The fourth-order valence-corrected chi connectivity index (χ4v) is 4.60. The van der Waals surface area contributed by atoms with Crippen molar-refractivity contribution in [1.29, 1.82) is 0 Å². The summed E-state index contributed by atoms with van der Waals surface area (Å²) in [5, 5.41) is 6.08. The van der Waals surface area contributed by atoms with Crippen molar-refractivity contribution in [3.8, 4) is 5.75 Å². The van der Waals surface area contributed by atoms with E-state index in [1.807, 2.05) is 0 Å². The smallest absolute Gasteiger partial charge is 0.257 e. The number of methoxy groups -OCH3 is 1. The zero-order chi connectivity index (χ0) is 22.0. The largest absolute Gasteiger partial charge is 0.497 e. The van der Waals surface area contributed by atoms with E-state index < -0.39 is 5.92 Å². The minimum absolute atomic E-state index is 0.220. The van der Waals surface area contributed by atoms with Gasteiger partial charge in [0, 0.05) is 16.1 Å². The predicted molar refractivity (Wildman–Crippen MR) is 119 cm³/mol. The third-order valence-electron chi connectivity index (χ3n) is 5.28. The van der Waals surface area contributed by atoms with Crippen molar-refractivity contribution < 1.29 is 18.7 Å². The van der Waals surface area contributed by atoms with Crippen LogP contribution in [-0.2, 0) is 11.2 Å². The molecule has 1 aliphatic rings. The SMILES string of the molecule is COc1ccc(C(=O)Nc2nc3c(s2)CCCC3C(=O)Nc2ccc(C)c(F)c2)cc1. The molecule has 8 heteroatoms. The maximum atomic E-state index is 13.8. The molecule has 0 saturated carbocycles. The molecule has 2 amide bonds. The molecule has 1 heterocycles. The molecule has 1 atom stereocenters. The molecule has 0 radical (unpaired) electrons. The lowest BCUT2D eigenvalue weighted by Gasteiger charge is -2.20. The Morgan fingerprint density at radius 1 is 1.16 bits per heavy atom. The van der Waals surface area contributed by atoms with Crippen LogP contribution in [0.25, 0.3) is 0 Å². The highest BCUT2D eigenvalue weighted by Gasteiger charge is 2.30. The average molecular weight is 440 g/mol. The molecular weight excluding hydrogens is 417 g/mol. The van der Waals surface area contributed by atoms with Gasteiger partial charge < -0.3 is 10.1 Å². The monoisotopic (exact) mass is 439 g/mol. The summed E-state index contributed by atoms with van der Waals surface area (Å²) in [6.45, 7) is 1.67. The normalized spacial score (nSPS) is 15.1. The van der Waals surface area contributed by atoms with E-state index in [0.29, 0.717) is 39.8 Å². The number of carbonyl (C=O) groups is 2. The first-order valence-corrected chi connectivity index (χ1v) is 10.8. The quantitative estimate of drug-likeness (QED) is 0.592. The van der Waals surface area contributed by atoms with E-state index in [0.717, 1.165) is 17.7 Å². The lowest BCUT2D eigenvalue weighted by atomic mass is 9.90. The number of amides is 2. The number of ether oxygens (including phenoxy) is 1. The fraction of sp³-hybridized carbons (Fsp3) is 0.261. The Morgan fingerprint density at radius 3 is 2.65 bits per heavy atom. The molecule has 6 nitrogen and oxygen atoms in total. The number of hydrogen-bond acceptors (Lipinski definition) is 5. The molecule has 1 unspecified atom stereocenters. The van der Waals surface area contributed by atoms with Gasteiger partial charge in [-0.3, -0.25) is 14.9 Å². The number of hydrogen-bond donors (Lipinski definition) is 2. The van der Waals surface area contributed by atoms with Gasteiger partial charge in [-0.1, -0.05) is 6.07 Å². The Balaban J connectivity index is 1.49. The van der Waals surface area contributed by atoms with Gasteiger partial charge in [0.25, 0.3) is 5.91 Å². The molecule has 4 rings (SSSR count). The summed E-state index contributed by atoms with van der Waals surface area (Å²) in [6, 6.07) is 11.4. The zero-order valence-electron chi connectivity index (χ0n) is 17.2. The number of nitrogens with one attached hydrogen (secondary N) is 2. The van der Waals surface area contributed by atoms with Gasteiger partial charge in [-0.15, -0.1) is 11.3 Å². The average Bonchev–Trinajstić information content (AvgIpc) is 3.18. The number of fused-ring (bicyclic) bond motifs is 1. The number of halogens is 1. The van der Waals surface area contributed by atoms with E-state index in [1.54, 1.807) is 50.4 Å². The molecule has 2 aromatic carbocycles. The molecule has 0 saturated heterocycles. The van der Waals surface area contributed by atoms with E-state index in [2.05, 4.69) is 15.6 Å². The second-order valence-electron chi connectivity index (χ2n) is 7.41. The number of anilines is 2. The molecular formula is C23H22FN3O3S. The first kappa shape index (κ1) is 21.0. The van der Waals surface area contributed by atoms with Crippen LogP contribution in [0.3, 0.4) is 0 Å². The first-order valence-electron chi connectivity index (χ1n) is 9.96. The van der Waals surface area contributed by atoms with Crippen LogP contribution in [0.1, 0.15) is 45.3 Å². The van der Waals surface area contributed by atoms with Gasteiger partial charge in [-0.25, -0.2) is 9.37 Å². The molecule has 31 heavy (non-hydrogen) atoms. The number of rotatable bonds is 5. The summed E-state index contributed by atoms with van der Waals surface area (Å²) in [5.74, 6) is -0.619. The molecule has 2 N–H and O–H groups in total. The van der Waals surface area contributed by atoms with Crippen molar-refractivity contribution in [3.05, 3.63) is 70.0 Å². The summed E-state index contributed by atoms with van der Waals surface area (Å²) in [7, 11) is 1.57. The lowest BCUT2D eigenvalue weighted by Crippen LogP contribution is -2.24. The molecule has 0 spiro atoms. The van der Waals surface area contributed by atoms with Gasteiger partial charge in [-0.05, 0) is 68.1 Å². The number of benzene rings is 2. The van der Waals surface area contributed by atoms with Gasteiger partial charge in [-0.2, -0.15) is 0 Å². The molecule has 160 valence electrons. The van der Waals surface area contributed by atoms with Gasteiger partial charge in [0.05, 0.1) is 18.7 Å². The molecule has 1 aliphatic carbocycles. The van der Waals surface area contributed by atoms with Crippen LogP contribution in [0.4, 0.5) is 15.2 Å². The summed E-state index contributed by atoms with van der Waals surface area (Å²) in [4.78, 5) is 31.0. The Kier molecular flexibility index (Phi) is 5.99. The first-order chi connectivity index (χ1) is 14.9. The summed E-state index contributed by atoms with van der Waals surface area (Å²) in [5.41, 5.74) is 2.12. The standard InChI is InChI=1S/C23H22FN3O3S/c1-13-6-9-15(12-18(13)24)25-22(29)17-4-3-5-19-20(17)26-23(31-19)27-21(28)14-7-10-16(30-2)11-8-14/h6-12,17H,3-5H2,1-2H3,(H,25,29)(H,26,27,28). The van der Waals surface area contributed by atoms with Crippen molar-refractivity contribution in [3.63, 3.8) is 0 Å². The van der Waals surface area contributed by atoms with E-state index in [1.165, 1.54) is 17.4 Å². The second kappa shape index (κ2) is 8.85. The predicted octanol–water partition coefficient (Wildman–Crippen LogP) is 4.91. The Morgan fingerprint density at radius 2 is 1.94 bits per heavy atom. The van der Waals surface area contributed by atoms with Crippen LogP contribution in [0.2, 0.25) is 0 Å². The number of carbonyl (C=O) groups excluding carboxylic acids is 2. The Bertz CT molecular complexity index is 1130. The minimum Gasteiger partial charge on any atom is -0.497 e. The van der Waals surface area contributed by atoms with Crippen LogP contribution in [-0.4, -0.2) is 23.9 Å². The molecule has 1 aromatic heterocycles. The van der Waals surface area contributed by atoms with Gasteiger partial charge >= 0.3 is 0 Å². The maximum absolute atomic E-state index is 13.8. The van der Waals surface area contributed by atoms with Crippen LogP contribution in [0.5, 0.6) is 5.75 Å². The van der Waals surface area contributed by atoms with Crippen molar-refractivity contribution in [2.24, 2.45) is 0 Å². The Labute approximate surface area is 183 Å². The van der Waals surface area contributed by atoms with E-state index in [-0.39, 0.29) is 17.6 Å². The highest BCUT2D eigenvalue weighted by atomic mass is 32.1. The van der Waals surface area contributed by atoms with Crippen molar-refractivity contribution >= 4 is 34.0 Å². The van der Waals surface area contributed by atoms with Crippen molar-refractivity contribution in [1.82, 2.24) is 4.98 Å². The fourth-order valence-electron chi connectivity index (χ4n) is 3.54. The Hall–Kier alpha value is -3.26. The number of nitrogens with zero attached hydrogens (tertiary/aromatic N) is 1. The van der Waals surface area contributed by atoms with Crippen molar-refractivity contribution in [2.75, 3.05) is 17.7 Å². The summed E-state index contributed by atoms with van der Waals surface area (Å²) >= 11 is 1.39. The molecule has 0 bridgehead atoms. The van der Waals surface area contributed by atoms with E-state index in [4.69, 9.17) is 4.74 Å². The highest BCUT2D eigenvalue weighted by Crippen LogP contribution is 2.37. The molecule has 0 aliphatic heterocycles. The topological polar surface area (TPSA) is 80.3 Å². The van der Waals surface area contributed by atoms with Crippen LogP contribution >= 0.6 is 11.3 Å². The number of thiazole rings is 1. The van der Waals surface area contributed by atoms with E-state index in [9.17, 15) is 14.0 Å². The molecule has 3 aromatic rings. The molecule has 0 fully saturated rings. The van der Waals surface area contributed by atoms with Crippen LogP contribution in [0.15, 0.2) is 42.5 Å².